The van der Waals surface area contributed by atoms with Gasteiger partial charge < -0.3 is 15.4 Å². The van der Waals surface area contributed by atoms with Gasteiger partial charge in [0, 0.05) is 6.42 Å². The number of nitrogens with one attached hydrogen (secondary N) is 2. The van der Waals surface area contributed by atoms with Crippen molar-refractivity contribution in [3.8, 4) is 11.5 Å². The molecule has 0 bridgehead atoms. The highest BCUT2D eigenvalue weighted by atomic mass is 16.5. The van der Waals surface area contributed by atoms with Gasteiger partial charge in [0.1, 0.15) is 5.75 Å². The van der Waals surface area contributed by atoms with Crippen molar-refractivity contribution in [2.45, 2.75) is 19.8 Å². The first-order valence-corrected chi connectivity index (χ1v) is 8.05. The summed E-state index contributed by atoms with van der Waals surface area (Å²) >= 11 is 0. The van der Waals surface area contributed by atoms with Gasteiger partial charge in [-0.05, 0) is 62.2 Å². The van der Waals surface area contributed by atoms with Crippen LogP contribution in [0.15, 0.2) is 48.5 Å². The lowest BCUT2D eigenvalue weighted by Gasteiger charge is -2.14. The molecule has 0 radical (unpaired) electrons. The van der Waals surface area contributed by atoms with Crippen LogP contribution in [0.2, 0.25) is 0 Å². The topological polar surface area (TPSA) is 50.4 Å². The summed E-state index contributed by atoms with van der Waals surface area (Å²) in [5.41, 5.74) is 1.85. The molecule has 1 aliphatic rings. The number of carbonyl (C=O) groups excluding carboxylic acids is 1. The molecule has 1 aliphatic heterocycles. The van der Waals surface area contributed by atoms with E-state index in [0.29, 0.717) is 23.8 Å². The van der Waals surface area contributed by atoms with E-state index in [2.05, 4.69) is 10.6 Å². The maximum atomic E-state index is 12.2. The summed E-state index contributed by atoms with van der Waals surface area (Å²) in [5, 5.41) is 6.27. The molecule has 2 aromatic carbocycles. The Labute approximate surface area is 136 Å². The fraction of sp³-hybridized carbons (Fsp3) is 0.316. The standard InChI is InChI=1S/C19H22N2O2/c1-14-5-4-6-16(11-14)23-18-8-3-2-7-17(18)21-19(22)12-15-9-10-20-13-15/h2-8,11,15,20H,9-10,12-13H2,1H3,(H,21,22). The second-order valence-electron chi connectivity index (χ2n) is 6.03. The molecule has 1 saturated heterocycles. The number of hydrogen-bond donors (Lipinski definition) is 2. The van der Waals surface area contributed by atoms with Crippen LogP contribution in [0.25, 0.3) is 0 Å². The number of anilines is 1. The monoisotopic (exact) mass is 310 g/mol. The zero-order valence-corrected chi connectivity index (χ0v) is 13.3. The van der Waals surface area contributed by atoms with Crippen molar-refractivity contribution < 1.29 is 9.53 Å². The van der Waals surface area contributed by atoms with Crippen LogP contribution in [0.3, 0.4) is 0 Å². The van der Waals surface area contributed by atoms with Crippen molar-refractivity contribution in [1.82, 2.24) is 5.32 Å². The number of hydrogen-bond acceptors (Lipinski definition) is 3. The van der Waals surface area contributed by atoms with E-state index in [1.165, 1.54) is 0 Å². The van der Waals surface area contributed by atoms with Crippen LogP contribution in [0.4, 0.5) is 5.69 Å². The maximum Gasteiger partial charge on any atom is 0.224 e. The Kier molecular flexibility index (Phi) is 4.93. The number of amides is 1. The van der Waals surface area contributed by atoms with E-state index in [1.807, 2.05) is 55.5 Å². The third kappa shape index (κ3) is 4.33. The van der Waals surface area contributed by atoms with Crippen molar-refractivity contribution in [3.05, 3.63) is 54.1 Å². The molecule has 23 heavy (non-hydrogen) atoms. The number of rotatable bonds is 5. The SMILES string of the molecule is Cc1cccc(Oc2ccccc2NC(=O)CC2CCNC2)c1. The summed E-state index contributed by atoms with van der Waals surface area (Å²) in [6, 6.07) is 15.4. The van der Waals surface area contributed by atoms with E-state index in [0.717, 1.165) is 30.8 Å². The number of ether oxygens (including phenoxy) is 1. The molecule has 120 valence electrons. The Hall–Kier alpha value is -2.33. The molecule has 4 heteroatoms. The van der Waals surface area contributed by atoms with E-state index < -0.39 is 0 Å². The molecule has 2 aromatic rings. The van der Waals surface area contributed by atoms with Crippen molar-refractivity contribution >= 4 is 11.6 Å². The zero-order valence-electron chi connectivity index (χ0n) is 13.3. The largest absolute Gasteiger partial charge is 0.455 e. The molecule has 2 N–H and O–H groups in total. The zero-order chi connectivity index (χ0) is 16.1. The molecular formula is C19H22N2O2. The van der Waals surface area contributed by atoms with Crippen LogP contribution in [0, 0.1) is 12.8 Å². The van der Waals surface area contributed by atoms with Crippen molar-refractivity contribution in [1.29, 1.82) is 0 Å². The third-order valence-electron chi connectivity index (χ3n) is 4.01. The molecular weight excluding hydrogens is 288 g/mol. The predicted octanol–water partition coefficient (Wildman–Crippen LogP) is 3.73. The molecule has 1 atom stereocenters. The Morgan fingerprint density at radius 1 is 1.26 bits per heavy atom. The van der Waals surface area contributed by atoms with Gasteiger partial charge >= 0.3 is 0 Å². The predicted molar refractivity (Wildman–Crippen MR) is 91.9 cm³/mol. The highest BCUT2D eigenvalue weighted by Crippen LogP contribution is 2.30. The van der Waals surface area contributed by atoms with Gasteiger partial charge in [-0.1, -0.05) is 24.3 Å². The van der Waals surface area contributed by atoms with Gasteiger partial charge in [0.2, 0.25) is 5.91 Å². The highest BCUT2D eigenvalue weighted by molar-refractivity contribution is 5.92. The van der Waals surface area contributed by atoms with Crippen LogP contribution in [-0.4, -0.2) is 19.0 Å². The van der Waals surface area contributed by atoms with E-state index in [-0.39, 0.29) is 5.91 Å². The molecule has 0 spiro atoms. The summed E-state index contributed by atoms with van der Waals surface area (Å²) < 4.78 is 5.93. The first-order valence-electron chi connectivity index (χ1n) is 8.05. The fourth-order valence-electron chi connectivity index (χ4n) is 2.82. The van der Waals surface area contributed by atoms with E-state index in [9.17, 15) is 4.79 Å². The number of benzene rings is 2. The van der Waals surface area contributed by atoms with Gasteiger partial charge in [0.05, 0.1) is 5.69 Å². The summed E-state index contributed by atoms with van der Waals surface area (Å²) in [6.07, 6.45) is 1.61. The minimum absolute atomic E-state index is 0.0407. The molecule has 1 amide bonds. The third-order valence-corrected chi connectivity index (χ3v) is 4.01. The molecule has 1 heterocycles. The summed E-state index contributed by atoms with van der Waals surface area (Å²) in [5.74, 6) is 1.90. The Morgan fingerprint density at radius 3 is 2.91 bits per heavy atom. The van der Waals surface area contributed by atoms with Crippen LogP contribution < -0.4 is 15.4 Å². The lowest BCUT2D eigenvalue weighted by Crippen LogP contribution is -2.18. The Balaban J connectivity index is 1.68. The minimum atomic E-state index is 0.0407. The molecule has 1 unspecified atom stereocenters. The molecule has 1 fully saturated rings. The van der Waals surface area contributed by atoms with E-state index >= 15 is 0 Å². The van der Waals surface area contributed by atoms with E-state index in [1.54, 1.807) is 0 Å². The molecule has 4 nitrogen and oxygen atoms in total. The van der Waals surface area contributed by atoms with E-state index in [4.69, 9.17) is 4.74 Å². The summed E-state index contributed by atoms with van der Waals surface area (Å²) in [6.45, 7) is 3.95. The van der Waals surface area contributed by atoms with Gasteiger partial charge in [-0.15, -0.1) is 0 Å². The average molecular weight is 310 g/mol. The molecule has 0 aromatic heterocycles. The minimum Gasteiger partial charge on any atom is -0.455 e. The first kappa shape index (κ1) is 15.6. The quantitative estimate of drug-likeness (QED) is 0.885. The van der Waals surface area contributed by atoms with Gasteiger partial charge in [0.25, 0.3) is 0 Å². The maximum absolute atomic E-state index is 12.2. The lowest BCUT2D eigenvalue weighted by molar-refractivity contribution is -0.117. The smallest absolute Gasteiger partial charge is 0.224 e. The first-order chi connectivity index (χ1) is 11.2. The van der Waals surface area contributed by atoms with Crippen molar-refractivity contribution in [2.75, 3.05) is 18.4 Å². The average Bonchev–Trinajstić information content (AvgIpc) is 3.02. The second-order valence-corrected chi connectivity index (χ2v) is 6.03. The van der Waals surface area contributed by atoms with Crippen molar-refractivity contribution in [2.24, 2.45) is 5.92 Å². The van der Waals surface area contributed by atoms with Gasteiger partial charge in [0.15, 0.2) is 5.75 Å². The van der Waals surface area contributed by atoms with Gasteiger partial charge in [-0.3, -0.25) is 4.79 Å². The van der Waals surface area contributed by atoms with Gasteiger partial charge in [-0.25, -0.2) is 0 Å². The van der Waals surface area contributed by atoms with Crippen LogP contribution in [0.5, 0.6) is 11.5 Å². The molecule has 0 saturated carbocycles. The van der Waals surface area contributed by atoms with Crippen LogP contribution in [0.1, 0.15) is 18.4 Å². The fourth-order valence-corrected chi connectivity index (χ4v) is 2.82. The normalized spacial score (nSPS) is 17.0. The Bertz CT molecular complexity index is 679. The number of carbonyl (C=O) groups is 1. The highest BCUT2D eigenvalue weighted by Gasteiger charge is 2.18. The van der Waals surface area contributed by atoms with Crippen molar-refractivity contribution in [3.63, 3.8) is 0 Å². The second kappa shape index (κ2) is 7.29. The molecule has 0 aliphatic carbocycles. The van der Waals surface area contributed by atoms with Crippen LogP contribution >= 0.6 is 0 Å². The molecule has 3 rings (SSSR count). The summed E-state index contributed by atoms with van der Waals surface area (Å²) in [4.78, 5) is 12.2. The van der Waals surface area contributed by atoms with Crippen LogP contribution in [-0.2, 0) is 4.79 Å². The summed E-state index contributed by atoms with van der Waals surface area (Å²) in [7, 11) is 0. The Morgan fingerprint density at radius 2 is 2.13 bits per heavy atom. The number of para-hydroxylation sites is 2. The number of aryl methyl sites for hydroxylation is 1. The van der Waals surface area contributed by atoms with Gasteiger partial charge in [-0.2, -0.15) is 0 Å². The lowest BCUT2D eigenvalue weighted by atomic mass is 10.0.